The maximum atomic E-state index is 5.90. The van der Waals surface area contributed by atoms with E-state index in [0.29, 0.717) is 0 Å². The second-order valence-electron chi connectivity index (χ2n) is 9.67. The number of aliphatic imine (C=N–C) groups is 1. The topological polar surface area (TPSA) is 68.9 Å². The van der Waals surface area contributed by atoms with Crippen LogP contribution in [0.4, 0.5) is 0 Å². The van der Waals surface area contributed by atoms with E-state index in [1.807, 2.05) is 6.08 Å². The highest BCUT2D eigenvalue weighted by Gasteiger charge is 2.25. The molecule has 5 rings (SSSR count). The zero-order chi connectivity index (χ0) is 24.5. The molecular formula is C28H35N5O2. The molecule has 2 aliphatic rings. The molecule has 4 heterocycles. The van der Waals surface area contributed by atoms with Gasteiger partial charge in [-0.05, 0) is 51.5 Å². The molecule has 2 aliphatic heterocycles. The van der Waals surface area contributed by atoms with Gasteiger partial charge in [-0.15, -0.1) is 0 Å². The average molecular weight is 474 g/mol. The Balaban J connectivity index is 1.46. The number of ether oxygens (including phenoxy) is 1. The first-order valence-corrected chi connectivity index (χ1v) is 12.4. The van der Waals surface area contributed by atoms with Crippen LogP contribution in [0, 0.1) is 13.8 Å². The number of aryl methyl sites for hydroxylation is 2. The number of aromatic amines is 2. The highest BCUT2D eigenvalue weighted by molar-refractivity contribution is 6.14. The number of piperazine rings is 1. The first-order valence-electron chi connectivity index (χ1n) is 12.4. The lowest BCUT2D eigenvalue weighted by molar-refractivity contribution is -0.202. The van der Waals surface area contributed by atoms with Crippen molar-refractivity contribution in [2.75, 3.05) is 33.3 Å². The molecule has 184 valence electrons. The molecule has 0 amide bonds. The van der Waals surface area contributed by atoms with E-state index in [1.165, 1.54) is 16.5 Å². The number of H-pyrrole nitrogens is 2. The number of hydrogen-bond donors (Lipinski definition) is 2. The Morgan fingerprint density at radius 2 is 1.86 bits per heavy atom. The number of hydrogen-bond acceptors (Lipinski definition) is 5. The molecule has 0 saturated carbocycles. The third kappa shape index (κ3) is 4.98. The van der Waals surface area contributed by atoms with Crippen LogP contribution in [-0.2, 0) is 16.1 Å². The minimum absolute atomic E-state index is 0.213. The van der Waals surface area contributed by atoms with Crippen molar-refractivity contribution in [2.24, 2.45) is 4.99 Å². The molecule has 1 saturated heterocycles. The minimum Gasteiger partial charge on any atom is -0.494 e. The van der Waals surface area contributed by atoms with E-state index in [0.717, 1.165) is 72.5 Å². The third-order valence-electron chi connectivity index (χ3n) is 6.59. The Kier molecular flexibility index (Phi) is 6.65. The van der Waals surface area contributed by atoms with Gasteiger partial charge in [0.25, 0.3) is 0 Å². The number of hydroxylamine groups is 2. The zero-order valence-electron chi connectivity index (χ0n) is 21.3. The summed E-state index contributed by atoms with van der Waals surface area (Å²) in [5, 5.41) is 3.33. The van der Waals surface area contributed by atoms with Gasteiger partial charge in [0.2, 0.25) is 0 Å². The van der Waals surface area contributed by atoms with Crippen molar-refractivity contribution < 1.29 is 9.57 Å². The Morgan fingerprint density at radius 3 is 2.54 bits per heavy atom. The number of benzene rings is 1. The van der Waals surface area contributed by atoms with Crippen molar-refractivity contribution in [3.63, 3.8) is 0 Å². The maximum Gasteiger partial charge on any atom is 0.146 e. The van der Waals surface area contributed by atoms with E-state index in [1.54, 1.807) is 7.11 Å². The predicted octanol–water partition coefficient (Wildman–Crippen LogP) is 4.94. The summed E-state index contributed by atoms with van der Waals surface area (Å²) in [5.74, 6) is 0.774. The molecule has 0 aliphatic carbocycles. The summed E-state index contributed by atoms with van der Waals surface area (Å²) >= 11 is 0. The van der Waals surface area contributed by atoms with Crippen molar-refractivity contribution >= 4 is 22.7 Å². The second kappa shape index (κ2) is 9.85. The van der Waals surface area contributed by atoms with Gasteiger partial charge in [0, 0.05) is 66.7 Å². The first-order chi connectivity index (χ1) is 16.9. The molecule has 35 heavy (non-hydrogen) atoms. The fourth-order valence-electron chi connectivity index (χ4n) is 4.94. The Hall–Kier alpha value is -3.13. The highest BCUT2D eigenvalue weighted by Crippen LogP contribution is 2.31. The Labute approximate surface area is 207 Å². The van der Waals surface area contributed by atoms with E-state index in [2.05, 4.69) is 84.0 Å². The normalized spacial score (nSPS) is 18.6. The van der Waals surface area contributed by atoms with E-state index in [4.69, 9.17) is 14.6 Å². The lowest BCUT2D eigenvalue weighted by atomic mass is 10.1. The first kappa shape index (κ1) is 23.6. The van der Waals surface area contributed by atoms with Crippen LogP contribution in [0.15, 0.2) is 52.9 Å². The van der Waals surface area contributed by atoms with Crippen LogP contribution < -0.4 is 0 Å². The number of para-hydroxylation sites is 1. The number of rotatable bonds is 7. The fraction of sp³-hybridized carbons (Fsp3) is 0.393. The van der Waals surface area contributed by atoms with E-state index in [-0.39, 0.29) is 6.10 Å². The lowest BCUT2D eigenvalue weighted by Gasteiger charge is -2.34. The number of methoxy groups -OCH3 is 1. The molecule has 0 atom stereocenters. The van der Waals surface area contributed by atoms with Crippen molar-refractivity contribution in [1.82, 2.24) is 19.9 Å². The summed E-state index contributed by atoms with van der Waals surface area (Å²) in [6.07, 6.45) is 4.32. The summed E-state index contributed by atoms with van der Waals surface area (Å²) in [4.78, 5) is 20.5. The third-order valence-corrected chi connectivity index (χ3v) is 6.59. The Morgan fingerprint density at radius 1 is 1.09 bits per heavy atom. The molecule has 2 aromatic heterocycles. The molecule has 0 radical (unpaired) electrons. The molecule has 7 heteroatoms. The van der Waals surface area contributed by atoms with Gasteiger partial charge in [0.15, 0.2) is 0 Å². The van der Waals surface area contributed by atoms with Crippen LogP contribution in [0.1, 0.15) is 42.1 Å². The van der Waals surface area contributed by atoms with Crippen LogP contribution in [0.5, 0.6) is 0 Å². The largest absolute Gasteiger partial charge is 0.494 e. The number of fused-ring (bicyclic) bond motifs is 1. The van der Waals surface area contributed by atoms with Crippen molar-refractivity contribution in [3.8, 4) is 0 Å². The van der Waals surface area contributed by atoms with Gasteiger partial charge in [0.1, 0.15) is 11.5 Å². The van der Waals surface area contributed by atoms with E-state index in [9.17, 15) is 0 Å². The van der Waals surface area contributed by atoms with Gasteiger partial charge in [0.05, 0.1) is 24.6 Å². The van der Waals surface area contributed by atoms with E-state index < -0.39 is 0 Å². The fourth-order valence-corrected chi connectivity index (χ4v) is 4.94. The minimum atomic E-state index is 0.213. The number of nitrogens with zero attached hydrogens (tertiary/aromatic N) is 3. The smallest absolute Gasteiger partial charge is 0.146 e. The van der Waals surface area contributed by atoms with Crippen LogP contribution >= 0.6 is 0 Å². The highest BCUT2D eigenvalue weighted by atomic mass is 16.7. The molecule has 3 aromatic rings. The van der Waals surface area contributed by atoms with Crippen LogP contribution in [0.25, 0.3) is 17.0 Å². The molecule has 0 spiro atoms. The van der Waals surface area contributed by atoms with Crippen LogP contribution in [0.3, 0.4) is 0 Å². The molecule has 2 N–H and O–H groups in total. The monoisotopic (exact) mass is 473 g/mol. The van der Waals surface area contributed by atoms with Gasteiger partial charge in [-0.25, -0.2) is 4.99 Å². The van der Waals surface area contributed by atoms with Gasteiger partial charge >= 0.3 is 0 Å². The maximum absolute atomic E-state index is 5.90. The van der Waals surface area contributed by atoms with Crippen molar-refractivity contribution in [3.05, 3.63) is 76.1 Å². The van der Waals surface area contributed by atoms with Crippen molar-refractivity contribution in [1.29, 1.82) is 0 Å². The van der Waals surface area contributed by atoms with Gasteiger partial charge in [-0.1, -0.05) is 18.2 Å². The number of aromatic nitrogens is 2. The summed E-state index contributed by atoms with van der Waals surface area (Å²) < 4.78 is 5.72. The molecular weight excluding hydrogens is 438 g/mol. The SMILES string of the molecule is COC1=CC(c2[nH]c3ccccc3c2CN2CCN(OC(C)C)CC2)=N/C1=C\c1[nH]c(C)cc1C. The lowest BCUT2D eigenvalue weighted by Crippen LogP contribution is -2.46. The standard InChI is InChI=1S/C28H35N5O2/c1-18(2)35-33-12-10-32(11-13-33)17-22-21-8-6-7-9-23(21)31-28(22)26-16-27(34-5)25(30-26)15-24-19(3)14-20(4)29-24/h6-9,14-16,18,29,31H,10-13,17H2,1-5H3/b25-15-. The molecule has 0 bridgehead atoms. The molecule has 0 unspecified atom stereocenters. The van der Waals surface area contributed by atoms with Gasteiger partial charge < -0.3 is 14.7 Å². The summed E-state index contributed by atoms with van der Waals surface area (Å²) in [5.41, 5.74) is 8.59. The summed E-state index contributed by atoms with van der Waals surface area (Å²) in [7, 11) is 1.70. The average Bonchev–Trinajstić information content (AvgIpc) is 3.50. The number of nitrogens with one attached hydrogen (secondary N) is 2. The molecule has 1 fully saturated rings. The van der Waals surface area contributed by atoms with Crippen LogP contribution in [0.2, 0.25) is 0 Å². The molecule has 7 nitrogen and oxygen atoms in total. The Bertz CT molecular complexity index is 1300. The van der Waals surface area contributed by atoms with Gasteiger partial charge in [-0.2, -0.15) is 5.06 Å². The zero-order valence-corrected chi connectivity index (χ0v) is 21.3. The molecule has 1 aromatic carbocycles. The van der Waals surface area contributed by atoms with Crippen molar-refractivity contribution in [2.45, 2.75) is 40.3 Å². The van der Waals surface area contributed by atoms with Gasteiger partial charge in [-0.3, -0.25) is 9.74 Å². The predicted molar refractivity (Wildman–Crippen MR) is 141 cm³/mol. The van der Waals surface area contributed by atoms with E-state index >= 15 is 0 Å². The van der Waals surface area contributed by atoms with Crippen LogP contribution in [-0.4, -0.2) is 65.0 Å². The summed E-state index contributed by atoms with van der Waals surface area (Å²) in [6.45, 7) is 12.9. The quantitative estimate of drug-likeness (QED) is 0.510. The summed E-state index contributed by atoms with van der Waals surface area (Å²) in [6, 6.07) is 10.6. The second-order valence-corrected chi connectivity index (χ2v) is 9.67. The number of allylic oxidation sites excluding steroid dienone is 1.